The van der Waals surface area contributed by atoms with Crippen LogP contribution in [-0.2, 0) is 11.8 Å². The van der Waals surface area contributed by atoms with Gasteiger partial charge in [-0.3, -0.25) is 4.79 Å². The summed E-state index contributed by atoms with van der Waals surface area (Å²) in [4.78, 5) is 14.9. The van der Waals surface area contributed by atoms with E-state index in [0.29, 0.717) is 0 Å². The summed E-state index contributed by atoms with van der Waals surface area (Å²) >= 11 is 0. The van der Waals surface area contributed by atoms with Gasteiger partial charge in [0.2, 0.25) is 0 Å². The van der Waals surface area contributed by atoms with E-state index in [0.717, 1.165) is 29.5 Å². The van der Waals surface area contributed by atoms with Gasteiger partial charge in [-0.25, -0.2) is 0 Å². The summed E-state index contributed by atoms with van der Waals surface area (Å²) in [5.74, 6) is 0.0924. The van der Waals surface area contributed by atoms with E-state index < -0.39 is 0 Å². The Kier molecular flexibility index (Phi) is 3.96. The second-order valence-corrected chi connectivity index (χ2v) is 7.10. The Bertz CT molecular complexity index is 732. The molecule has 0 bridgehead atoms. The molecule has 23 heavy (non-hydrogen) atoms. The highest BCUT2D eigenvalue weighted by atomic mass is 16.5. The second kappa shape index (κ2) is 5.68. The topological polar surface area (TPSA) is 34.5 Å². The third kappa shape index (κ3) is 2.45. The molecule has 0 saturated heterocycles. The zero-order chi connectivity index (χ0) is 16.8. The van der Waals surface area contributed by atoms with Gasteiger partial charge < -0.3 is 14.2 Å². The Hall–Kier alpha value is -1.81. The summed E-state index contributed by atoms with van der Waals surface area (Å²) in [5, 5.41) is 1.02. The number of nitrogens with zero attached hydrogens (tertiary/aromatic N) is 2. The highest BCUT2D eigenvalue weighted by Crippen LogP contribution is 2.45. The monoisotopic (exact) mass is 314 g/mol. The summed E-state index contributed by atoms with van der Waals surface area (Å²) in [5.41, 5.74) is 1.86. The molecule has 0 aliphatic heterocycles. The first kappa shape index (κ1) is 16.1. The zero-order valence-corrected chi connectivity index (χ0v) is 14.7. The van der Waals surface area contributed by atoms with Crippen LogP contribution in [0.1, 0.15) is 37.6 Å². The predicted octanol–water partition coefficient (Wildman–Crippen LogP) is 3.45. The molecule has 1 aromatic heterocycles. The largest absolute Gasteiger partial charge is 0.378 e. The molecule has 2 atom stereocenters. The molecule has 3 rings (SSSR count). The number of carbonyl (C=O) groups is 1. The minimum atomic E-state index is -0.00892. The summed E-state index contributed by atoms with van der Waals surface area (Å²) in [6.07, 6.45) is 3.15. The minimum absolute atomic E-state index is 0.00892. The Morgan fingerprint density at radius 2 is 2.13 bits per heavy atom. The van der Waals surface area contributed by atoms with Crippen molar-refractivity contribution in [3.63, 3.8) is 0 Å². The van der Waals surface area contributed by atoms with E-state index in [1.54, 1.807) is 0 Å². The van der Waals surface area contributed by atoms with Crippen molar-refractivity contribution in [2.45, 2.75) is 39.3 Å². The second-order valence-electron chi connectivity index (χ2n) is 7.10. The molecule has 1 aliphatic rings. The van der Waals surface area contributed by atoms with Crippen molar-refractivity contribution in [1.29, 1.82) is 0 Å². The van der Waals surface area contributed by atoms with Crippen molar-refractivity contribution in [2.24, 2.45) is 12.5 Å². The first-order valence-corrected chi connectivity index (χ1v) is 8.30. The summed E-state index contributed by atoms with van der Waals surface area (Å²) < 4.78 is 7.84. The molecular formula is C19H26N2O2. The number of aromatic nitrogens is 1. The van der Waals surface area contributed by atoms with Gasteiger partial charge in [-0.1, -0.05) is 19.9 Å². The molecule has 1 amide bonds. The number of fused-ring (bicyclic) bond motifs is 1. The van der Waals surface area contributed by atoms with E-state index in [9.17, 15) is 4.79 Å². The van der Waals surface area contributed by atoms with Crippen molar-refractivity contribution < 1.29 is 9.53 Å². The van der Waals surface area contributed by atoms with Crippen LogP contribution in [-0.4, -0.2) is 41.2 Å². The third-order valence-corrected chi connectivity index (χ3v) is 5.44. The fourth-order valence-electron chi connectivity index (χ4n) is 3.83. The lowest BCUT2D eigenvalue weighted by Gasteiger charge is -2.54. The lowest BCUT2D eigenvalue weighted by atomic mass is 9.63. The minimum Gasteiger partial charge on any atom is -0.378 e. The highest BCUT2D eigenvalue weighted by molar-refractivity contribution is 6.06. The maximum absolute atomic E-state index is 13.0. The molecule has 0 spiro atoms. The van der Waals surface area contributed by atoms with Crippen molar-refractivity contribution >= 4 is 16.8 Å². The number of amides is 1. The van der Waals surface area contributed by atoms with Gasteiger partial charge in [0.25, 0.3) is 5.91 Å². The Morgan fingerprint density at radius 3 is 2.78 bits per heavy atom. The maximum Gasteiger partial charge on any atom is 0.254 e. The van der Waals surface area contributed by atoms with Crippen LogP contribution in [0, 0.1) is 5.41 Å². The molecule has 1 saturated carbocycles. The summed E-state index contributed by atoms with van der Waals surface area (Å²) in [7, 11) is 3.92. The molecule has 4 heteroatoms. The normalized spacial score (nSPS) is 22.8. The van der Waals surface area contributed by atoms with E-state index in [1.807, 2.05) is 60.9 Å². The van der Waals surface area contributed by atoms with Crippen molar-refractivity contribution in [2.75, 3.05) is 13.7 Å². The lowest BCUT2D eigenvalue weighted by Crippen LogP contribution is -2.62. The Morgan fingerprint density at radius 1 is 1.39 bits per heavy atom. The number of carbonyl (C=O) groups excluding carboxylic acids is 1. The van der Waals surface area contributed by atoms with Crippen molar-refractivity contribution in [3.8, 4) is 0 Å². The van der Waals surface area contributed by atoms with Crippen LogP contribution in [0.4, 0.5) is 0 Å². The average molecular weight is 314 g/mol. The van der Waals surface area contributed by atoms with Crippen molar-refractivity contribution in [1.82, 2.24) is 9.47 Å². The van der Waals surface area contributed by atoms with Gasteiger partial charge in [0.1, 0.15) is 0 Å². The molecule has 1 aromatic carbocycles. The summed E-state index contributed by atoms with van der Waals surface area (Å²) in [6, 6.07) is 8.16. The molecule has 2 unspecified atom stereocenters. The van der Waals surface area contributed by atoms with Gasteiger partial charge in [-0.15, -0.1) is 0 Å². The van der Waals surface area contributed by atoms with Gasteiger partial charge in [0.05, 0.1) is 6.10 Å². The van der Waals surface area contributed by atoms with E-state index >= 15 is 0 Å². The van der Waals surface area contributed by atoms with Crippen LogP contribution in [0.15, 0.2) is 30.5 Å². The maximum atomic E-state index is 13.0. The number of hydrogen-bond acceptors (Lipinski definition) is 2. The number of rotatable bonds is 4. The predicted molar refractivity (Wildman–Crippen MR) is 92.6 cm³/mol. The molecule has 2 aromatic rings. The van der Waals surface area contributed by atoms with Crippen molar-refractivity contribution in [3.05, 3.63) is 36.0 Å². The van der Waals surface area contributed by atoms with Crippen LogP contribution in [0.2, 0.25) is 0 Å². The van der Waals surface area contributed by atoms with E-state index in [2.05, 4.69) is 13.8 Å². The number of ether oxygens (including phenoxy) is 1. The van der Waals surface area contributed by atoms with Crippen LogP contribution < -0.4 is 0 Å². The van der Waals surface area contributed by atoms with Crippen LogP contribution in [0.25, 0.3) is 10.9 Å². The molecule has 1 heterocycles. The molecule has 1 aliphatic carbocycles. The number of aryl methyl sites for hydroxylation is 1. The third-order valence-electron chi connectivity index (χ3n) is 5.44. The quantitative estimate of drug-likeness (QED) is 0.866. The molecule has 124 valence electrons. The van der Waals surface area contributed by atoms with Gasteiger partial charge in [0, 0.05) is 54.8 Å². The zero-order valence-electron chi connectivity index (χ0n) is 14.7. The fourth-order valence-corrected chi connectivity index (χ4v) is 3.83. The SMILES string of the molecule is CCOC1CC(N(C)C(=O)c2cccc3c2ccn3C)C1(C)C. The van der Waals surface area contributed by atoms with Gasteiger partial charge >= 0.3 is 0 Å². The number of hydrogen-bond donors (Lipinski definition) is 0. The van der Waals surface area contributed by atoms with E-state index in [1.165, 1.54) is 0 Å². The first-order valence-electron chi connectivity index (χ1n) is 8.30. The lowest BCUT2D eigenvalue weighted by molar-refractivity contribution is -0.136. The van der Waals surface area contributed by atoms with Gasteiger partial charge in [-0.05, 0) is 31.5 Å². The van der Waals surface area contributed by atoms with Gasteiger partial charge in [-0.2, -0.15) is 0 Å². The molecular weight excluding hydrogens is 288 g/mol. The molecule has 4 nitrogen and oxygen atoms in total. The van der Waals surface area contributed by atoms with Crippen LogP contribution in [0.3, 0.4) is 0 Å². The summed E-state index contributed by atoms with van der Waals surface area (Å²) in [6.45, 7) is 7.12. The average Bonchev–Trinajstić information content (AvgIpc) is 2.91. The molecule has 0 radical (unpaired) electrons. The Balaban J connectivity index is 1.86. The molecule has 1 fully saturated rings. The fraction of sp³-hybridized carbons (Fsp3) is 0.526. The van der Waals surface area contributed by atoms with Crippen LogP contribution in [0.5, 0.6) is 0 Å². The van der Waals surface area contributed by atoms with Gasteiger partial charge in [0.15, 0.2) is 0 Å². The standard InChI is InChI=1S/C19H26N2O2/c1-6-23-17-12-16(19(17,2)3)21(5)18(22)14-8-7-9-15-13(14)10-11-20(15)4/h7-11,16-17H,6,12H2,1-5H3. The smallest absolute Gasteiger partial charge is 0.254 e. The highest BCUT2D eigenvalue weighted by Gasteiger charge is 2.51. The first-order chi connectivity index (χ1) is 10.9. The van der Waals surface area contributed by atoms with E-state index in [4.69, 9.17) is 4.74 Å². The number of benzene rings is 1. The van der Waals surface area contributed by atoms with E-state index in [-0.39, 0.29) is 23.5 Å². The van der Waals surface area contributed by atoms with Crippen LogP contribution >= 0.6 is 0 Å². The Labute approximate surface area is 138 Å². The molecule has 0 N–H and O–H groups in total.